The summed E-state index contributed by atoms with van der Waals surface area (Å²) in [7, 11) is 0. The Hall–Kier alpha value is -3.77. The molecule has 12 nitrogen and oxygen atoms in total. The number of halogens is 1. The van der Waals surface area contributed by atoms with Gasteiger partial charge in [-0.3, -0.25) is 19.0 Å². The lowest BCUT2D eigenvalue weighted by Gasteiger charge is -2.34. The fourth-order valence-corrected chi connectivity index (χ4v) is 5.68. The summed E-state index contributed by atoms with van der Waals surface area (Å²) in [6, 6.07) is 10.3. The molecular weight excluding hydrogens is 542 g/mol. The highest BCUT2D eigenvalue weighted by Crippen LogP contribution is 2.40. The van der Waals surface area contributed by atoms with Crippen molar-refractivity contribution >= 4 is 46.5 Å². The van der Waals surface area contributed by atoms with Crippen molar-refractivity contribution in [3.05, 3.63) is 47.5 Å². The third-order valence-corrected chi connectivity index (χ3v) is 7.52. The van der Waals surface area contributed by atoms with E-state index in [2.05, 4.69) is 32.0 Å². The van der Waals surface area contributed by atoms with Crippen molar-refractivity contribution in [1.29, 1.82) is 0 Å². The number of fused-ring (bicyclic) bond motifs is 1. The number of hydrogen-bond acceptors (Lipinski definition) is 10. The molecule has 2 fully saturated rings. The highest BCUT2D eigenvalue weighted by atomic mass is 35.5. The Labute approximate surface area is 235 Å². The highest BCUT2D eigenvalue weighted by Gasteiger charge is 2.53. The van der Waals surface area contributed by atoms with E-state index in [0.717, 1.165) is 19.4 Å². The van der Waals surface area contributed by atoms with Gasteiger partial charge in [0.2, 0.25) is 5.28 Å². The Balaban J connectivity index is 1.54. The smallest absolute Gasteiger partial charge is 0.309 e. The molecule has 2 saturated heterocycles. The van der Waals surface area contributed by atoms with Gasteiger partial charge in [-0.25, -0.2) is 4.98 Å². The summed E-state index contributed by atoms with van der Waals surface area (Å²) >= 11 is 6.41. The van der Waals surface area contributed by atoms with E-state index in [0.29, 0.717) is 29.4 Å². The van der Waals surface area contributed by atoms with Crippen LogP contribution in [-0.2, 0) is 28.6 Å². The number of imidazole rings is 1. The molecule has 6 atom stereocenters. The molecule has 0 spiro atoms. The van der Waals surface area contributed by atoms with Crippen molar-refractivity contribution in [2.45, 2.75) is 64.1 Å². The van der Waals surface area contributed by atoms with E-state index in [1.807, 2.05) is 18.2 Å². The van der Waals surface area contributed by atoms with Gasteiger partial charge in [-0.15, -0.1) is 0 Å². The quantitative estimate of drug-likeness (QED) is 0.329. The van der Waals surface area contributed by atoms with Crippen LogP contribution < -0.4 is 4.90 Å². The number of piperidine rings is 1. The summed E-state index contributed by atoms with van der Waals surface area (Å²) in [5.41, 5.74) is 2.01. The molecule has 212 valence electrons. The fraction of sp³-hybridized carbons (Fsp3) is 0.481. The summed E-state index contributed by atoms with van der Waals surface area (Å²) in [6.07, 6.45) is -1.11. The predicted octanol–water partition coefficient (Wildman–Crippen LogP) is 3.35. The van der Waals surface area contributed by atoms with Gasteiger partial charge in [0.05, 0.1) is 12.2 Å². The van der Waals surface area contributed by atoms with Crippen molar-refractivity contribution in [1.82, 2.24) is 19.5 Å². The minimum absolute atomic E-state index is 0.0138. The minimum Gasteiger partial charge on any atom is -0.481 e. The van der Waals surface area contributed by atoms with E-state index in [1.165, 1.54) is 37.2 Å². The number of benzene rings is 1. The molecule has 1 aromatic carbocycles. The molecule has 0 bridgehead atoms. The Morgan fingerprint density at radius 3 is 2.48 bits per heavy atom. The number of anilines is 1. The van der Waals surface area contributed by atoms with Gasteiger partial charge in [-0.2, -0.15) is 9.97 Å². The molecule has 0 saturated carbocycles. The first kappa shape index (κ1) is 27.8. The van der Waals surface area contributed by atoms with Crippen LogP contribution in [0.15, 0.2) is 36.7 Å². The molecule has 4 heterocycles. The number of nitrogens with zero attached hydrogens (tertiary/aromatic N) is 5. The summed E-state index contributed by atoms with van der Waals surface area (Å²) in [6.45, 7) is 5.29. The van der Waals surface area contributed by atoms with Crippen LogP contribution in [0.2, 0.25) is 5.28 Å². The fourth-order valence-electron chi connectivity index (χ4n) is 5.52. The Morgan fingerprint density at radius 2 is 1.80 bits per heavy atom. The first-order valence-corrected chi connectivity index (χ1v) is 13.4. The third kappa shape index (κ3) is 5.46. The average Bonchev–Trinajstić information content (AvgIpc) is 3.49. The van der Waals surface area contributed by atoms with Gasteiger partial charge in [0.25, 0.3) is 0 Å². The SMILES string of the molecule is CC(=O)O[C@@H]1[C@H](OC(C)=O)[C@@H](C(C)C(=O)O)O[C@H]1n1cnc2c(N3CCCC(c4ccccc4)C3)nc(Cl)nc21. The number of aliphatic carboxylic acids is 1. The molecule has 0 aliphatic carbocycles. The molecule has 1 N–H and O–H groups in total. The van der Waals surface area contributed by atoms with Gasteiger partial charge < -0.3 is 24.2 Å². The van der Waals surface area contributed by atoms with Crippen molar-refractivity contribution in [2.24, 2.45) is 5.92 Å². The maximum Gasteiger partial charge on any atom is 0.309 e. The lowest BCUT2D eigenvalue weighted by Crippen LogP contribution is -2.42. The van der Waals surface area contributed by atoms with Crippen molar-refractivity contribution in [2.75, 3.05) is 18.0 Å². The van der Waals surface area contributed by atoms with Crippen LogP contribution >= 0.6 is 11.6 Å². The molecule has 3 aromatic rings. The number of esters is 2. The van der Waals surface area contributed by atoms with Gasteiger partial charge in [-0.05, 0) is 36.9 Å². The van der Waals surface area contributed by atoms with Crippen LogP contribution in [-0.4, -0.2) is 73.9 Å². The number of aromatic nitrogens is 4. The van der Waals surface area contributed by atoms with Crippen LogP contribution in [0, 0.1) is 5.92 Å². The van der Waals surface area contributed by atoms with Gasteiger partial charge in [-0.1, -0.05) is 30.3 Å². The Kier molecular flexibility index (Phi) is 7.90. The summed E-state index contributed by atoms with van der Waals surface area (Å²) in [5.74, 6) is -2.71. The van der Waals surface area contributed by atoms with E-state index in [4.69, 9.17) is 25.8 Å². The first-order valence-electron chi connectivity index (χ1n) is 13.1. The van der Waals surface area contributed by atoms with E-state index in [-0.39, 0.29) is 5.28 Å². The maximum atomic E-state index is 12.1. The molecule has 13 heteroatoms. The van der Waals surface area contributed by atoms with E-state index >= 15 is 0 Å². The number of rotatable bonds is 7. The van der Waals surface area contributed by atoms with Crippen molar-refractivity contribution in [3.63, 3.8) is 0 Å². The second kappa shape index (κ2) is 11.4. The monoisotopic (exact) mass is 571 g/mol. The number of ether oxygens (including phenoxy) is 3. The molecular formula is C27H30ClN5O7. The van der Waals surface area contributed by atoms with Gasteiger partial charge in [0.15, 0.2) is 35.4 Å². The normalized spacial score (nSPS) is 25.5. The zero-order valence-electron chi connectivity index (χ0n) is 22.3. The summed E-state index contributed by atoms with van der Waals surface area (Å²) < 4.78 is 18.6. The Morgan fingerprint density at radius 1 is 1.10 bits per heavy atom. The largest absolute Gasteiger partial charge is 0.481 e. The lowest BCUT2D eigenvalue weighted by molar-refractivity contribution is -0.166. The van der Waals surface area contributed by atoms with Crippen LogP contribution in [0.25, 0.3) is 11.2 Å². The number of carbonyl (C=O) groups is 3. The van der Waals surface area contributed by atoms with Crippen LogP contribution in [0.3, 0.4) is 0 Å². The average molecular weight is 572 g/mol. The second-order valence-corrected chi connectivity index (χ2v) is 10.4. The van der Waals surface area contributed by atoms with Crippen molar-refractivity contribution in [3.8, 4) is 0 Å². The highest BCUT2D eigenvalue weighted by molar-refractivity contribution is 6.28. The van der Waals surface area contributed by atoms with E-state index < -0.39 is 48.4 Å². The van der Waals surface area contributed by atoms with Gasteiger partial charge >= 0.3 is 17.9 Å². The van der Waals surface area contributed by atoms with Gasteiger partial charge in [0.1, 0.15) is 6.10 Å². The topological polar surface area (TPSA) is 146 Å². The maximum absolute atomic E-state index is 12.1. The number of carboxylic acid groups (broad SMARTS) is 1. The number of carboxylic acids is 1. The molecule has 2 aliphatic rings. The molecule has 40 heavy (non-hydrogen) atoms. The molecule has 5 rings (SSSR count). The minimum atomic E-state index is -1.18. The van der Waals surface area contributed by atoms with Crippen LogP contribution in [0.1, 0.15) is 51.3 Å². The van der Waals surface area contributed by atoms with E-state index in [1.54, 1.807) is 0 Å². The Bertz CT molecular complexity index is 1420. The van der Waals surface area contributed by atoms with Crippen LogP contribution in [0.4, 0.5) is 5.82 Å². The third-order valence-electron chi connectivity index (χ3n) is 7.35. The zero-order valence-corrected chi connectivity index (χ0v) is 23.0. The molecule has 2 aromatic heterocycles. The van der Waals surface area contributed by atoms with Gasteiger partial charge in [0, 0.05) is 32.9 Å². The number of carbonyl (C=O) groups excluding carboxylic acids is 2. The molecule has 0 radical (unpaired) electrons. The summed E-state index contributed by atoms with van der Waals surface area (Å²) in [4.78, 5) is 51.5. The molecule has 2 unspecified atom stereocenters. The summed E-state index contributed by atoms with van der Waals surface area (Å²) in [5, 5.41) is 9.67. The van der Waals surface area contributed by atoms with E-state index in [9.17, 15) is 19.5 Å². The first-order chi connectivity index (χ1) is 19.1. The van der Waals surface area contributed by atoms with Crippen LogP contribution in [0.5, 0.6) is 0 Å². The zero-order chi connectivity index (χ0) is 28.6. The number of hydrogen-bond donors (Lipinski definition) is 1. The molecule has 2 aliphatic heterocycles. The molecule has 0 amide bonds. The standard InChI is InChI=1S/C27H30ClN5O7/c1-14(26(36)37)20-21(38-15(2)34)22(39-16(3)35)25(40-20)33-13-29-19-23(30-27(28)31-24(19)33)32-11-7-10-18(12-32)17-8-5-4-6-9-17/h4-6,8-9,13-14,18,20-22,25H,7,10-12H2,1-3H3,(H,36,37)/t14?,18?,20-,21-,22-,25-/m1/s1. The predicted molar refractivity (Wildman–Crippen MR) is 143 cm³/mol. The second-order valence-electron chi connectivity index (χ2n) is 10.1. The lowest BCUT2D eigenvalue weighted by atomic mass is 9.91. The van der Waals surface area contributed by atoms with Crippen molar-refractivity contribution < 1.29 is 33.7 Å².